The number of aromatic nitrogens is 4. The van der Waals surface area contributed by atoms with Crippen molar-refractivity contribution in [2.45, 2.75) is 0 Å². The van der Waals surface area contributed by atoms with Gasteiger partial charge in [-0.05, 0) is 178 Å². The third kappa shape index (κ3) is 8.44. The summed E-state index contributed by atoms with van der Waals surface area (Å²) in [4.78, 5) is 16.1. The van der Waals surface area contributed by atoms with Gasteiger partial charge in [0.1, 0.15) is 5.82 Å². The quantitative estimate of drug-likeness (QED) is 0.0865. The minimum Gasteiger partial charge on any atom is -0.292 e. The summed E-state index contributed by atoms with van der Waals surface area (Å²) in [5.74, 6) is 0.878. The van der Waals surface area contributed by atoms with Crippen molar-refractivity contribution in [1.82, 2.24) is 19.5 Å². The number of imidazole rings is 1. The molecule has 1 aliphatic carbocycles. The molecule has 18 rings (SSSR count). The SMILES string of the molecule is C1=C=Cc2cc(-c3c4ccccc4c(-c4ccc5ccccc5c4)c4cc(-c5ccc(-c6nc7ccc(-c8cc9ccc(-c%10cccc(-c%11ccc%12ccc%13ccccc%13c%12n%11)c%10)nc9c9ccccc89)cc7n6-c6ccccc6)cc5)ccc34)ccc2C=1. The van der Waals surface area contributed by atoms with E-state index in [1.54, 1.807) is 0 Å². The molecule has 3 aromatic heterocycles. The van der Waals surface area contributed by atoms with Gasteiger partial charge in [-0.15, -0.1) is 0 Å². The van der Waals surface area contributed by atoms with Gasteiger partial charge in [0, 0.05) is 43.9 Å². The zero-order valence-electron chi connectivity index (χ0n) is 48.2. The molecule has 14 aromatic carbocycles. The van der Waals surface area contributed by atoms with E-state index >= 15 is 0 Å². The van der Waals surface area contributed by atoms with Gasteiger partial charge in [-0.3, -0.25) is 4.57 Å². The Morgan fingerprint density at radius 2 is 0.831 bits per heavy atom. The lowest BCUT2D eigenvalue weighted by atomic mass is 9.84. The Morgan fingerprint density at radius 3 is 1.63 bits per heavy atom. The molecule has 0 amide bonds. The molecule has 0 atom stereocenters. The first kappa shape index (κ1) is 50.3. The van der Waals surface area contributed by atoms with Crippen LogP contribution in [0.1, 0.15) is 11.1 Å². The molecule has 0 fully saturated rings. The molecule has 0 saturated heterocycles. The Labute approximate surface area is 513 Å². The van der Waals surface area contributed by atoms with Gasteiger partial charge in [0.05, 0.1) is 33.5 Å². The topological polar surface area (TPSA) is 43.6 Å². The lowest BCUT2D eigenvalue weighted by molar-refractivity contribution is 1.10. The smallest absolute Gasteiger partial charge is 0.145 e. The maximum absolute atomic E-state index is 5.44. The average Bonchev–Trinajstić information content (AvgIpc) is 1.75. The fourth-order valence-electron chi connectivity index (χ4n) is 13.9. The fraction of sp³-hybridized carbons (Fsp3) is 0. The van der Waals surface area contributed by atoms with E-state index in [9.17, 15) is 0 Å². The van der Waals surface area contributed by atoms with Gasteiger partial charge in [0.2, 0.25) is 0 Å². The molecular formula is C85H50N4. The Hall–Kier alpha value is -12.0. The molecule has 0 radical (unpaired) electrons. The highest BCUT2D eigenvalue weighted by atomic mass is 15.1. The van der Waals surface area contributed by atoms with Crippen LogP contribution >= 0.6 is 0 Å². The molecular weight excluding hydrogens is 1080 g/mol. The fourth-order valence-corrected chi connectivity index (χ4v) is 13.9. The van der Waals surface area contributed by atoms with E-state index in [2.05, 4.69) is 307 Å². The van der Waals surface area contributed by atoms with Crippen LogP contribution in [0.4, 0.5) is 0 Å². The maximum atomic E-state index is 5.44. The summed E-state index contributed by atoms with van der Waals surface area (Å²) < 4.78 is 2.32. The number of fused-ring (bicyclic) bond motifs is 11. The van der Waals surface area contributed by atoms with Gasteiger partial charge >= 0.3 is 0 Å². The molecule has 89 heavy (non-hydrogen) atoms. The maximum Gasteiger partial charge on any atom is 0.145 e. The minimum atomic E-state index is 0.878. The number of pyridine rings is 2. The second-order valence-corrected chi connectivity index (χ2v) is 23.3. The van der Waals surface area contributed by atoms with Gasteiger partial charge in [0.25, 0.3) is 0 Å². The van der Waals surface area contributed by atoms with Crippen LogP contribution in [0.15, 0.2) is 303 Å². The normalized spacial score (nSPS) is 12.0. The first-order valence-corrected chi connectivity index (χ1v) is 30.3. The second kappa shape index (κ2) is 20.3. The Balaban J connectivity index is 0.728. The lowest BCUT2D eigenvalue weighted by Gasteiger charge is -2.19. The van der Waals surface area contributed by atoms with Crippen molar-refractivity contribution < 1.29 is 0 Å². The molecule has 4 nitrogen and oxygen atoms in total. The van der Waals surface area contributed by atoms with E-state index in [1.165, 1.54) is 60.0 Å². The highest BCUT2D eigenvalue weighted by Crippen LogP contribution is 2.47. The van der Waals surface area contributed by atoms with E-state index in [-0.39, 0.29) is 0 Å². The highest BCUT2D eigenvalue weighted by Gasteiger charge is 2.22. The molecule has 410 valence electrons. The van der Waals surface area contributed by atoms with Crippen molar-refractivity contribution in [1.29, 1.82) is 0 Å². The van der Waals surface area contributed by atoms with E-state index in [1.807, 2.05) is 12.2 Å². The summed E-state index contributed by atoms with van der Waals surface area (Å²) in [6, 6.07) is 106. The third-order valence-corrected chi connectivity index (χ3v) is 18.2. The molecule has 3 heterocycles. The number of nitrogens with zero attached hydrogens (tertiary/aromatic N) is 4. The van der Waals surface area contributed by atoms with Crippen LogP contribution in [0.2, 0.25) is 0 Å². The van der Waals surface area contributed by atoms with Gasteiger partial charge < -0.3 is 0 Å². The molecule has 0 spiro atoms. The molecule has 0 unspecified atom stereocenters. The number of rotatable bonds is 8. The lowest BCUT2D eigenvalue weighted by Crippen LogP contribution is -1.97. The zero-order valence-corrected chi connectivity index (χ0v) is 48.2. The van der Waals surface area contributed by atoms with Gasteiger partial charge in [0.15, 0.2) is 0 Å². The highest BCUT2D eigenvalue weighted by molar-refractivity contribution is 6.22. The molecule has 4 heteroatoms. The molecule has 0 bridgehead atoms. The van der Waals surface area contributed by atoms with Crippen LogP contribution in [-0.2, 0) is 0 Å². The summed E-state index contributed by atoms with van der Waals surface area (Å²) in [6.45, 7) is 0. The van der Waals surface area contributed by atoms with Crippen molar-refractivity contribution in [2.24, 2.45) is 0 Å². The predicted molar refractivity (Wildman–Crippen MR) is 373 cm³/mol. The summed E-state index contributed by atoms with van der Waals surface area (Å²) in [7, 11) is 0. The van der Waals surface area contributed by atoms with Gasteiger partial charge in [-0.25, -0.2) is 15.0 Å². The monoisotopic (exact) mass is 1130 g/mol. The van der Waals surface area contributed by atoms with Crippen LogP contribution in [0, 0.1) is 0 Å². The number of hydrogen-bond acceptors (Lipinski definition) is 3. The first-order chi connectivity index (χ1) is 44.1. The van der Waals surface area contributed by atoms with Gasteiger partial charge in [-0.2, -0.15) is 0 Å². The number of hydrogen-bond donors (Lipinski definition) is 0. The summed E-state index contributed by atoms with van der Waals surface area (Å²) >= 11 is 0. The molecule has 0 saturated carbocycles. The predicted octanol–water partition coefficient (Wildman–Crippen LogP) is 22.4. The van der Waals surface area contributed by atoms with Crippen molar-refractivity contribution in [3.63, 3.8) is 0 Å². The van der Waals surface area contributed by atoms with E-state index in [0.29, 0.717) is 0 Å². The largest absolute Gasteiger partial charge is 0.292 e. The van der Waals surface area contributed by atoms with Crippen LogP contribution in [0.5, 0.6) is 0 Å². The Kier molecular flexibility index (Phi) is 11.5. The molecule has 0 N–H and O–H groups in total. The molecule has 0 aliphatic heterocycles. The number of benzene rings is 14. The minimum absolute atomic E-state index is 0.878. The van der Waals surface area contributed by atoms with Crippen molar-refractivity contribution >= 4 is 98.9 Å². The Morgan fingerprint density at radius 1 is 0.270 bits per heavy atom. The van der Waals surface area contributed by atoms with Crippen molar-refractivity contribution in [3.8, 4) is 84.1 Å². The summed E-state index contributed by atoms with van der Waals surface area (Å²) in [5.41, 5.74) is 27.9. The van der Waals surface area contributed by atoms with Crippen LogP contribution < -0.4 is 0 Å². The first-order valence-electron chi connectivity index (χ1n) is 30.3. The average molecular weight is 1130 g/mol. The summed E-state index contributed by atoms with van der Waals surface area (Å²) in [6.07, 6.45) is 4.05. The van der Waals surface area contributed by atoms with E-state index in [0.717, 1.165) is 122 Å². The molecule has 17 aromatic rings. The third-order valence-electron chi connectivity index (χ3n) is 18.2. The van der Waals surface area contributed by atoms with E-state index in [4.69, 9.17) is 15.0 Å². The van der Waals surface area contributed by atoms with Crippen LogP contribution in [0.25, 0.3) is 183 Å². The van der Waals surface area contributed by atoms with Crippen LogP contribution in [-0.4, -0.2) is 19.5 Å². The van der Waals surface area contributed by atoms with Crippen molar-refractivity contribution in [3.05, 3.63) is 314 Å². The second-order valence-electron chi connectivity index (χ2n) is 23.3. The zero-order chi connectivity index (χ0) is 58.5. The standard InChI is InChI=1S/C85H50N4/c1-2-22-68(23-3-1)89-80-52-62(75-51-67-42-45-78(87-84(67)74-28-13-10-25-70(74)75)64-21-14-20-63(49-64)77-44-40-57-34-33-56-17-8-9-24-69(56)83(57)86-77)41-46-79(80)88-85(89)58-35-29-55(30-36-58)61-39-43-73-76(50-61)82(66-38-32-54-16-5-7-19-60(54)48-66)72-27-12-11-26-71(72)81(73)65-37-31-53-15-4-6-18-59(53)47-65/h1-3,5,7-52H. The Bertz CT molecular complexity index is 5940. The van der Waals surface area contributed by atoms with Crippen molar-refractivity contribution in [2.75, 3.05) is 0 Å². The van der Waals surface area contributed by atoms with Crippen LogP contribution in [0.3, 0.4) is 0 Å². The summed E-state index contributed by atoms with van der Waals surface area (Å²) in [5, 5.41) is 14.1. The van der Waals surface area contributed by atoms with E-state index < -0.39 is 0 Å². The molecule has 1 aliphatic rings. The number of para-hydroxylation sites is 1. The van der Waals surface area contributed by atoms with Gasteiger partial charge in [-0.1, -0.05) is 236 Å².